The number of nitrogens with one attached hydrogen (secondary N) is 2. The zero-order valence-corrected chi connectivity index (χ0v) is 16.1. The Morgan fingerprint density at radius 1 is 1.11 bits per heavy atom. The Bertz CT molecular complexity index is 1080. The van der Waals surface area contributed by atoms with E-state index in [1.165, 1.54) is 6.07 Å². The summed E-state index contributed by atoms with van der Waals surface area (Å²) in [6.07, 6.45) is 0. The van der Waals surface area contributed by atoms with E-state index in [9.17, 15) is 10.1 Å². The molecule has 0 heterocycles. The van der Waals surface area contributed by atoms with Crippen LogP contribution < -0.4 is 15.5 Å². The highest BCUT2D eigenvalue weighted by Crippen LogP contribution is 2.23. The van der Waals surface area contributed by atoms with Crippen LogP contribution in [-0.4, -0.2) is 22.9 Å². The Hall–Kier alpha value is -3.52. The summed E-state index contributed by atoms with van der Waals surface area (Å²) in [5.41, 5.74) is 4.63. The van der Waals surface area contributed by atoms with E-state index in [4.69, 9.17) is 17.0 Å². The largest absolute Gasteiger partial charge is 0.497 e. The average Bonchev–Trinajstić information content (AvgIpc) is 2.71. The third-order valence-corrected chi connectivity index (χ3v) is 4.33. The van der Waals surface area contributed by atoms with Crippen LogP contribution in [0, 0.1) is 10.1 Å². The zero-order chi connectivity index (χ0) is 20.1. The lowest BCUT2D eigenvalue weighted by molar-refractivity contribution is -0.383. The summed E-state index contributed by atoms with van der Waals surface area (Å²) in [7, 11) is 1.64. The molecule has 2 N–H and O–H groups in total. The number of ether oxygens (including phenoxy) is 1. The number of nitro benzene ring substituents is 1. The van der Waals surface area contributed by atoms with Crippen LogP contribution in [0.15, 0.2) is 65.8 Å². The third-order valence-electron chi connectivity index (χ3n) is 4.14. The van der Waals surface area contributed by atoms with E-state index < -0.39 is 4.92 Å². The molecular formula is C20H18N4O3S. The van der Waals surface area contributed by atoms with Crippen molar-refractivity contribution >= 4 is 45.2 Å². The van der Waals surface area contributed by atoms with Crippen LogP contribution in [0.2, 0.25) is 0 Å². The van der Waals surface area contributed by atoms with Crippen molar-refractivity contribution in [1.82, 2.24) is 5.43 Å². The molecule has 0 saturated heterocycles. The van der Waals surface area contributed by atoms with Gasteiger partial charge >= 0.3 is 0 Å². The number of anilines is 1. The molecule has 0 saturated carbocycles. The van der Waals surface area contributed by atoms with E-state index in [1.807, 2.05) is 43.3 Å². The van der Waals surface area contributed by atoms with Crippen LogP contribution in [0.1, 0.15) is 12.5 Å². The zero-order valence-electron chi connectivity index (χ0n) is 15.3. The maximum atomic E-state index is 11.1. The summed E-state index contributed by atoms with van der Waals surface area (Å²) >= 11 is 5.19. The van der Waals surface area contributed by atoms with E-state index in [1.54, 1.807) is 25.3 Å². The average molecular weight is 394 g/mol. The number of rotatable bonds is 5. The summed E-state index contributed by atoms with van der Waals surface area (Å²) in [4.78, 5) is 10.6. The summed E-state index contributed by atoms with van der Waals surface area (Å²) < 4.78 is 5.24. The van der Waals surface area contributed by atoms with Gasteiger partial charge < -0.3 is 10.1 Å². The fourth-order valence-corrected chi connectivity index (χ4v) is 2.82. The maximum Gasteiger partial charge on any atom is 0.292 e. The molecule has 7 nitrogen and oxygen atoms in total. The number of benzene rings is 3. The number of nitro groups is 1. The van der Waals surface area contributed by atoms with Gasteiger partial charge in [0.05, 0.1) is 17.7 Å². The fourth-order valence-electron chi connectivity index (χ4n) is 2.66. The second-order valence-corrected chi connectivity index (χ2v) is 6.37. The number of fused-ring (bicyclic) bond motifs is 1. The number of nitrogens with zero attached hydrogens (tertiary/aromatic N) is 2. The Labute approximate surface area is 167 Å². The van der Waals surface area contributed by atoms with Crippen LogP contribution in [-0.2, 0) is 0 Å². The van der Waals surface area contributed by atoms with Crippen LogP contribution in [0.4, 0.5) is 11.4 Å². The lowest BCUT2D eigenvalue weighted by Gasteiger charge is -2.09. The van der Waals surface area contributed by atoms with Crippen molar-refractivity contribution < 1.29 is 9.66 Å². The van der Waals surface area contributed by atoms with Gasteiger partial charge in [-0.25, -0.2) is 0 Å². The lowest BCUT2D eigenvalue weighted by atomic mass is 10.0. The van der Waals surface area contributed by atoms with Gasteiger partial charge in [0.15, 0.2) is 5.11 Å². The molecule has 3 aromatic carbocycles. The summed E-state index contributed by atoms with van der Waals surface area (Å²) in [6.45, 7) is 1.85. The van der Waals surface area contributed by atoms with Crippen molar-refractivity contribution in [3.63, 3.8) is 0 Å². The van der Waals surface area contributed by atoms with E-state index in [0.717, 1.165) is 27.8 Å². The van der Waals surface area contributed by atoms with Gasteiger partial charge in [-0.05, 0) is 59.7 Å². The van der Waals surface area contributed by atoms with Gasteiger partial charge in [-0.15, -0.1) is 0 Å². The number of hydrazone groups is 1. The molecule has 0 fully saturated rings. The first kappa shape index (κ1) is 19.2. The van der Waals surface area contributed by atoms with Gasteiger partial charge in [-0.3, -0.25) is 15.5 Å². The fraction of sp³-hybridized carbons (Fsp3) is 0.100. The monoisotopic (exact) mass is 394 g/mol. The predicted octanol–water partition coefficient (Wildman–Crippen LogP) is 4.47. The Kier molecular flexibility index (Phi) is 5.81. The van der Waals surface area contributed by atoms with Crippen LogP contribution in [0.3, 0.4) is 0 Å². The highest BCUT2D eigenvalue weighted by atomic mass is 32.1. The van der Waals surface area contributed by atoms with Gasteiger partial charge in [-0.1, -0.05) is 30.3 Å². The topological polar surface area (TPSA) is 88.8 Å². The number of hydrogen-bond acceptors (Lipinski definition) is 5. The molecule has 0 aromatic heterocycles. The molecule has 0 aliphatic carbocycles. The molecule has 0 aliphatic heterocycles. The first-order chi connectivity index (χ1) is 13.5. The molecule has 0 bridgehead atoms. The number of para-hydroxylation sites is 2. The number of methoxy groups -OCH3 is 1. The second-order valence-electron chi connectivity index (χ2n) is 5.97. The van der Waals surface area contributed by atoms with Crippen molar-refractivity contribution in [1.29, 1.82) is 0 Å². The molecular weight excluding hydrogens is 376 g/mol. The molecule has 0 spiro atoms. The minimum Gasteiger partial charge on any atom is -0.497 e. The standard InChI is InChI=1S/C20H18N4O3S/c1-13(14-7-8-16-12-17(27-2)10-9-15(16)11-14)22-23-20(28)21-18-5-3-4-6-19(18)24(25)26/h3-12H,1-2H3,(H2,21,23,28). The molecule has 3 aromatic rings. The van der Waals surface area contributed by atoms with Crippen LogP contribution >= 0.6 is 12.2 Å². The van der Waals surface area contributed by atoms with Crippen LogP contribution in [0.5, 0.6) is 5.75 Å². The summed E-state index contributed by atoms with van der Waals surface area (Å²) in [5.74, 6) is 0.804. The van der Waals surface area contributed by atoms with Gasteiger partial charge in [-0.2, -0.15) is 5.10 Å². The normalized spacial score (nSPS) is 11.1. The molecule has 0 amide bonds. The summed E-state index contributed by atoms with van der Waals surface area (Å²) in [6, 6.07) is 18.1. The Morgan fingerprint density at radius 3 is 2.57 bits per heavy atom. The molecule has 0 aliphatic rings. The van der Waals surface area contributed by atoms with E-state index in [-0.39, 0.29) is 10.8 Å². The predicted molar refractivity (Wildman–Crippen MR) is 115 cm³/mol. The third kappa shape index (κ3) is 4.41. The van der Waals surface area contributed by atoms with Crippen molar-refractivity contribution in [2.45, 2.75) is 6.92 Å². The molecule has 0 unspecified atom stereocenters. The molecule has 28 heavy (non-hydrogen) atoms. The quantitative estimate of drug-likeness (QED) is 0.287. The lowest BCUT2D eigenvalue weighted by Crippen LogP contribution is -2.25. The van der Waals surface area contributed by atoms with E-state index in [0.29, 0.717) is 5.69 Å². The van der Waals surface area contributed by atoms with E-state index >= 15 is 0 Å². The first-order valence-electron chi connectivity index (χ1n) is 8.41. The van der Waals surface area contributed by atoms with Crippen molar-refractivity contribution in [2.75, 3.05) is 12.4 Å². The SMILES string of the molecule is COc1ccc2cc(C(C)=NNC(=S)Nc3ccccc3[N+](=O)[O-])ccc2c1. The number of thiocarbonyl (C=S) groups is 1. The van der Waals surface area contributed by atoms with Gasteiger partial charge in [0.25, 0.3) is 5.69 Å². The van der Waals surface area contributed by atoms with Gasteiger partial charge in [0.1, 0.15) is 11.4 Å². The maximum absolute atomic E-state index is 11.1. The van der Waals surface area contributed by atoms with Crippen molar-refractivity contribution in [3.8, 4) is 5.75 Å². The highest BCUT2D eigenvalue weighted by Gasteiger charge is 2.13. The Balaban J connectivity index is 1.72. The summed E-state index contributed by atoms with van der Waals surface area (Å²) in [5, 5.41) is 20.4. The molecule has 8 heteroatoms. The van der Waals surface area contributed by atoms with Crippen molar-refractivity contribution in [3.05, 3.63) is 76.3 Å². The molecule has 3 rings (SSSR count). The van der Waals surface area contributed by atoms with Gasteiger partial charge in [0, 0.05) is 6.07 Å². The van der Waals surface area contributed by atoms with Crippen LogP contribution in [0.25, 0.3) is 10.8 Å². The highest BCUT2D eigenvalue weighted by molar-refractivity contribution is 7.80. The first-order valence-corrected chi connectivity index (χ1v) is 8.81. The minimum atomic E-state index is -0.469. The smallest absolute Gasteiger partial charge is 0.292 e. The van der Waals surface area contributed by atoms with Gasteiger partial charge in [0.2, 0.25) is 0 Å². The van der Waals surface area contributed by atoms with Crippen molar-refractivity contribution in [2.24, 2.45) is 5.10 Å². The van der Waals surface area contributed by atoms with E-state index in [2.05, 4.69) is 15.8 Å². The molecule has 142 valence electrons. The Morgan fingerprint density at radius 2 is 1.82 bits per heavy atom. The second kappa shape index (κ2) is 8.45. The molecule has 0 atom stereocenters. The number of hydrogen-bond donors (Lipinski definition) is 2. The molecule has 0 radical (unpaired) electrons. The minimum absolute atomic E-state index is 0.0580.